The van der Waals surface area contributed by atoms with Crippen LogP contribution in [-0.2, 0) is 14.3 Å². The number of aliphatic hydroxyl groups is 1. The first kappa shape index (κ1) is 18.7. The zero-order chi connectivity index (χ0) is 18.2. The van der Waals surface area contributed by atoms with E-state index in [-0.39, 0.29) is 36.4 Å². The predicted molar refractivity (Wildman–Crippen MR) is 92.8 cm³/mol. The lowest BCUT2D eigenvalue weighted by molar-refractivity contribution is -0.157. The van der Waals surface area contributed by atoms with Crippen LogP contribution in [0.4, 0.5) is 0 Å². The van der Waals surface area contributed by atoms with E-state index in [0.717, 1.165) is 44.9 Å². The van der Waals surface area contributed by atoms with Crippen LogP contribution in [0.1, 0.15) is 65.2 Å². The highest BCUT2D eigenvalue weighted by molar-refractivity contribution is 5.67. The molecule has 0 unspecified atom stereocenters. The summed E-state index contributed by atoms with van der Waals surface area (Å²) in [6.07, 6.45) is 7.17. The zero-order valence-corrected chi connectivity index (χ0v) is 15.4. The van der Waals surface area contributed by atoms with Crippen molar-refractivity contribution in [2.24, 2.45) is 35.0 Å². The highest BCUT2D eigenvalue weighted by atomic mass is 16.5. The molecule has 3 aliphatic rings. The van der Waals surface area contributed by atoms with Crippen LogP contribution in [0.15, 0.2) is 0 Å². The number of aliphatic hydroxyl groups excluding tert-OH is 1. The lowest BCUT2D eigenvalue weighted by Gasteiger charge is -2.54. The zero-order valence-electron chi connectivity index (χ0n) is 15.4. The van der Waals surface area contributed by atoms with E-state index in [1.165, 1.54) is 6.92 Å². The summed E-state index contributed by atoms with van der Waals surface area (Å²) < 4.78 is 5.65. The Bertz CT molecular complexity index is 518. The average Bonchev–Trinajstić information content (AvgIpc) is 2.85. The summed E-state index contributed by atoms with van der Waals surface area (Å²) in [4.78, 5) is 22.7. The number of hydrogen-bond donors (Lipinski definition) is 2. The molecule has 25 heavy (non-hydrogen) atoms. The quantitative estimate of drug-likeness (QED) is 0.742. The van der Waals surface area contributed by atoms with Gasteiger partial charge >= 0.3 is 11.9 Å². The molecule has 0 amide bonds. The lowest BCUT2D eigenvalue weighted by atomic mass is 9.51. The van der Waals surface area contributed by atoms with E-state index in [1.807, 2.05) is 0 Å². The number of carboxylic acids is 1. The minimum atomic E-state index is -0.720. The van der Waals surface area contributed by atoms with Gasteiger partial charge in [-0.15, -0.1) is 0 Å². The SMILES string of the molecule is CC(=O)O[C@H]1CC[C@H]2[C@@H]3CC[C@@H](CC(=O)O)[C@H](CCO)[C@H]3CC[C@]12C. The molecule has 0 aromatic rings. The number of carbonyl (C=O) groups is 2. The fraction of sp³-hybridized carbons (Fsp3) is 0.900. The van der Waals surface area contributed by atoms with Crippen LogP contribution < -0.4 is 0 Å². The summed E-state index contributed by atoms with van der Waals surface area (Å²) in [5.41, 5.74) is 0.0657. The van der Waals surface area contributed by atoms with Gasteiger partial charge in [-0.05, 0) is 74.5 Å². The molecule has 3 saturated carbocycles. The smallest absolute Gasteiger partial charge is 0.303 e. The monoisotopic (exact) mass is 352 g/mol. The number of carboxylic acid groups (broad SMARTS) is 1. The van der Waals surface area contributed by atoms with Crippen molar-refractivity contribution in [1.82, 2.24) is 0 Å². The Labute approximate surface area is 150 Å². The molecule has 5 nitrogen and oxygen atoms in total. The van der Waals surface area contributed by atoms with E-state index in [9.17, 15) is 19.8 Å². The summed E-state index contributed by atoms with van der Waals surface area (Å²) in [6, 6.07) is 0. The van der Waals surface area contributed by atoms with Crippen molar-refractivity contribution in [2.45, 2.75) is 71.3 Å². The number of hydrogen-bond acceptors (Lipinski definition) is 4. The molecule has 0 radical (unpaired) electrons. The van der Waals surface area contributed by atoms with E-state index in [2.05, 4.69) is 6.92 Å². The van der Waals surface area contributed by atoms with Crippen LogP contribution in [0, 0.1) is 35.0 Å². The highest BCUT2D eigenvalue weighted by Crippen LogP contribution is 2.62. The standard InChI is InChI=1S/C20H32O5/c1-12(22)25-18-6-5-17-16-4-3-13(11-19(23)24)14(8-10-21)15(16)7-9-20(17,18)2/h13-18,21H,3-11H2,1-2H3,(H,23,24)/t13-,14-,15+,16+,17-,18-,20-/m0/s1. The number of fused-ring (bicyclic) bond motifs is 3. The molecule has 0 aliphatic heterocycles. The fourth-order valence-electron chi connectivity index (χ4n) is 6.66. The van der Waals surface area contributed by atoms with Gasteiger partial charge in [0, 0.05) is 25.4 Å². The van der Waals surface area contributed by atoms with E-state index >= 15 is 0 Å². The summed E-state index contributed by atoms with van der Waals surface area (Å²) in [5, 5.41) is 18.8. The maximum absolute atomic E-state index is 11.5. The van der Waals surface area contributed by atoms with Crippen molar-refractivity contribution < 1.29 is 24.5 Å². The molecule has 5 heteroatoms. The third-order valence-corrected chi connectivity index (χ3v) is 7.64. The Morgan fingerprint density at radius 1 is 1.12 bits per heavy atom. The Hall–Kier alpha value is -1.10. The minimum absolute atomic E-state index is 0.0315. The first-order valence-corrected chi connectivity index (χ1v) is 9.86. The molecule has 0 spiro atoms. The van der Waals surface area contributed by atoms with Gasteiger partial charge in [-0.1, -0.05) is 6.92 Å². The van der Waals surface area contributed by atoms with Gasteiger partial charge in [0.15, 0.2) is 0 Å². The Balaban J connectivity index is 1.78. The van der Waals surface area contributed by atoms with Gasteiger partial charge in [-0.25, -0.2) is 0 Å². The minimum Gasteiger partial charge on any atom is -0.481 e. The molecule has 3 aliphatic carbocycles. The summed E-state index contributed by atoms with van der Waals surface area (Å²) >= 11 is 0. The number of rotatable bonds is 5. The molecule has 2 N–H and O–H groups in total. The second-order valence-corrected chi connectivity index (χ2v) is 8.77. The first-order chi connectivity index (χ1) is 11.9. The number of aliphatic carboxylic acids is 1. The van der Waals surface area contributed by atoms with E-state index in [4.69, 9.17) is 4.74 Å². The van der Waals surface area contributed by atoms with Crippen LogP contribution in [0.3, 0.4) is 0 Å². The topological polar surface area (TPSA) is 83.8 Å². The highest BCUT2D eigenvalue weighted by Gasteiger charge is 2.57. The van der Waals surface area contributed by atoms with Crippen LogP contribution in [-0.4, -0.2) is 34.9 Å². The molecule has 0 aromatic carbocycles. The van der Waals surface area contributed by atoms with Crippen LogP contribution in [0.5, 0.6) is 0 Å². The maximum Gasteiger partial charge on any atom is 0.303 e. The third-order valence-electron chi connectivity index (χ3n) is 7.64. The molecule has 0 saturated heterocycles. The van der Waals surface area contributed by atoms with Crippen molar-refractivity contribution in [3.8, 4) is 0 Å². The second kappa shape index (κ2) is 7.26. The van der Waals surface area contributed by atoms with Gasteiger partial charge < -0.3 is 14.9 Å². The normalized spacial score (nSPS) is 43.2. The van der Waals surface area contributed by atoms with Crippen molar-refractivity contribution in [3.05, 3.63) is 0 Å². The van der Waals surface area contributed by atoms with E-state index < -0.39 is 5.97 Å². The Kier molecular flexibility index (Phi) is 5.42. The fourth-order valence-corrected chi connectivity index (χ4v) is 6.66. The maximum atomic E-state index is 11.5. The summed E-state index contributed by atoms with van der Waals surface area (Å²) in [5.74, 6) is 1.26. The third kappa shape index (κ3) is 3.44. The lowest BCUT2D eigenvalue weighted by Crippen LogP contribution is -2.49. The van der Waals surface area contributed by atoms with Crippen molar-refractivity contribution in [3.63, 3.8) is 0 Å². The van der Waals surface area contributed by atoms with Crippen molar-refractivity contribution in [1.29, 1.82) is 0 Å². The molecule has 3 rings (SSSR count). The predicted octanol–water partition coefficient (Wildman–Crippen LogP) is 3.24. The van der Waals surface area contributed by atoms with Gasteiger partial charge in [0.1, 0.15) is 6.10 Å². The van der Waals surface area contributed by atoms with Crippen LogP contribution in [0.25, 0.3) is 0 Å². The molecule has 7 atom stereocenters. The number of esters is 1. The van der Waals surface area contributed by atoms with Crippen molar-refractivity contribution in [2.75, 3.05) is 6.61 Å². The van der Waals surface area contributed by atoms with Gasteiger partial charge in [-0.2, -0.15) is 0 Å². The molecule has 0 heterocycles. The molecular weight excluding hydrogens is 320 g/mol. The molecular formula is C20H32O5. The van der Waals surface area contributed by atoms with Crippen molar-refractivity contribution >= 4 is 11.9 Å². The molecule has 0 aromatic heterocycles. The van der Waals surface area contributed by atoms with E-state index in [1.54, 1.807) is 0 Å². The number of ether oxygens (including phenoxy) is 1. The van der Waals surface area contributed by atoms with Crippen LogP contribution >= 0.6 is 0 Å². The van der Waals surface area contributed by atoms with E-state index in [0.29, 0.717) is 23.7 Å². The first-order valence-electron chi connectivity index (χ1n) is 9.86. The number of carbonyl (C=O) groups excluding carboxylic acids is 1. The largest absolute Gasteiger partial charge is 0.481 e. The molecule has 0 bridgehead atoms. The van der Waals surface area contributed by atoms with Gasteiger partial charge in [0.05, 0.1) is 0 Å². The average molecular weight is 352 g/mol. The Morgan fingerprint density at radius 3 is 2.52 bits per heavy atom. The Morgan fingerprint density at radius 2 is 1.88 bits per heavy atom. The molecule has 3 fully saturated rings. The van der Waals surface area contributed by atoms with Gasteiger partial charge in [-0.3, -0.25) is 9.59 Å². The van der Waals surface area contributed by atoms with Crippen LogP contribution in [0.2, 0.25) is 0 Å². The summed E-state index contributed by atoms with van der Waals surface area (Å²) in [7, 11) is 0. The van der Waals surface area contributed by atoms with Gasteiger partial charge in [0.25, 0.3) is 0 Å². The second-order valence-electron chi connectivity index (χ2n) is 8.77. The summed E-state index contributed by atoms with van der Waals surface area (Å²) in [6.45, 7) is 3.93. The van der Waals surface area contributed by atoms with Gasteiger partial charge in [0.2, 0.25) is 0 Å². The molecule has 142 valence electrons.